The van der Waals surface area contributed by atoms with Gasteiger partial charge >= 0.3 is 0 Å². The number of fused-ring (bicyclic) bond motifs is 2. The molecule has 1 spiro atoms. The maximum atomic E-state index is 12.2. The molecule has 4 fully saturated rings. The molecule has 0 aliphatic heterocycles. The summed E-state index contributed by atoms with van der Waals surface area (Å²) in [6.07, 6.45) is 8.13. The lowest BCUT2D eigenvalue weighted by Crippen LogP contribution is -2.58. The molecule has 4 aliphatic carbocycles. The molecule has 4 aliphatic rings. The predicted octanol–water partition coefficient (Wildman–Crippen LogP) is 2.93. The Balaban J connectivity index is 1.73. The number of aliphatic hydroxyl groups is 2. The van der Waals surface area contributed by atoms with Gasteiger partial charge in [-0.2, -0.15) is 0 Å². The first kappa shape index (κ1) is 15.1. The third-order valence-electron chi connectivity index (χ3n) is 8.78. The van der Waals surface area contributed by atoms with E-state index in [1.54, 1.807) is 0 Å². The molecule has 7 atom stereocenters. The molecule has 0 aromatic rings. The molecule has 0 radical (unpaired) electrons. The normalized spacial score (nSPS) is 57.4. The molecule has 0 amide bonds. The van der Waals surface area contributed by atoms with Crippen LogP contribution >= 0.6 is 0 Å². The minimum Gasteiger partial charge on any atom is -0.393 e. The smallest absolute Gasteiger partial charge is 0.136 e. The Morgan fingerprint density at radius 1 is 1.18 bits per heavy atom. The summed E-state index contributed by atoms with van der Waals surface area (Å²) in [6.45, 7) is 4.52. The van der Waals surface area contributed by atoms with Crippen LogP contribution in [0.2, 0.25) is 0 Å². The first-order chi connectivity index (χ1) is 10.4. The van der Waals surface area contributed by atoms with Gasteiger partial charge in [-0.15, -0.1) is 0 Å². The Morgan fingerprint density at radius 3 is 2.68 bits per heavy atom. The minimum absolute atomic E-state index is 0.0878. The number of hydrogen-bond donors (Lipinski definition) is 2. The van der Waals surface area contributed by atoms with Crippen LogP contribution in [0.4, 0.5) is 0 Å². The summed E-state index contributed by atoms with van der Waals surface area (Å²) >= 11 is 0. The number of aliphatic hydroxyl groups excluding tert-OH is 1. The zero-order valence-corrected chi connectivity index (χ0v) is 14.0. The fourth-order valence-corrected chi connectivity index (χ4v) is 7.34. The summed E-state index contributed by atoms with van der Waals surface area (Å²) in [5, 5.41) is 20.5. The molecule has 3 nitrogen and oxygen atoms in total. The summed E-state index contributed by atoms with van der Waals surface area (Å²) in [7, 11) is 0. The number of hydrogen-bond acceptors (Lipinski definition) is 3. The molecule has 2 bridgehead atoms. The van der Waals surface area contributed by atoms with E-state index in [0.717, 1.165) is 38.5 Å². The molecule has 22 heavy (non-hydrogen) atoms. The largest absolute Gasteiger partial charge is 0.393 e. The number of carbonyl (C=O) groups excluding carboxylic acids is 1. The van der Waals surface area contributed by atoms with Crippen molar-refractivity contribution in [2.45, 2.75) is 70.8 Å². The van der Waals surface area contributed by atoms with Crippen LogP contribution in [0.5, 0.6) is 0 Å². The van der Waals surface area contributed by atoms with E-state index in [2.05, 4.69) is 13.8 Å². The van der Waals surface area contributed by atoms with E-state index in [-0.39, 0.29) is 23.9 Å². The molecule has 2 N–H and O–H groups in total. The second kappa shape index (κ2) is 4.57. The average molecular weight is 306 g/mol. The summed E-state index contributed by atoms with van der Waals surface area (Å²) in [4.78, 5) is 12.2. The van der Waals surface area contributed by atoms with Crippen LogP contribution in [-0.2, 0) is 4.79 Å². The van der Waals surface area contributed by atoms with Crippen LogP contribution < -0.4 is 0 Å². The standard InChI is InChI=1S/C19H30O3/c1-12-15-4-3-13-9-14-10-18(13,7-8-19(14,22)11-20)17(15,2)6-5-16(12)21/h12-15,20,22H,3-11H2,1-2H3/t12-,13-,14+,15-,17-,18-,19-/m0/s1. The molecule has 0 heterocycles. The Kier molecular flexibility index (Phi) is 3.14. The zero-order chi connectivity index (χ0) is 15.8. The first-order valence-electron chi connectivity index (χ1n) is 9.22. The lowest BCUT2D eigenvalue weighted by molar-refractivity contribution is -0.169. The van der Waals surface area contributed by atoms with Crippen LogP contribution in [-0.4, -0.2) is 28.2 Å². The van der Waals surface area contributed by atoms with E-state index in [4.69, 9.17) is 0 Å². The number of rotatable bonds is 1. The lowest BCUT2D eigenvalue weighted by atomic mass is 9.42. The summed E-state index contributed by atoms with van der Waals surface area (Å²) in [5.41, 5.74) is -0.268. The average Bonchev–Trinajstić information content (AvgIpc) is 2.85. The van der Waals surface area contributed by atoms with Gasteiger partial charge in [0.2, 0.25) is 0 Å². The van der Waals surface area contributed by atoms with Crippen LogP contribution in [0, 0.1) is 34.5 Å². The predicted molar refractivity (Wildman–Crippen MR) is 84.2 cm³/mol. The quantitative estimate of drug-likeness (QED) is 0.783. The molecule has 4 saturated carbocycles. The highest BCUT2D eigenvalue weighted by molar-refractivity contribution is 5.82. The van der Waals surface area contributed by atoms with Gasteiger partial charge in [0, 0.05) is 12.3 Å². The molecule has 4 rings (SSSR count). The van der Waals surface area contributed by atoms with E-state index < -0.39 is 5.60 Å². The van der Waals surface area contributed by atoms with Crippen LogP contribution in [0.1, 0.15) is 65.2 Å². The molecule has 0 unspecified atom stereocenters. The van der Waals surface area contributed by atoms with Crippen molar-refractivity contribution in [2.24, 2.45) is 34.5 Å². The topological polar surface area (TPSA) is 57.5 Å². The van der Waals surface area contributed by atoms with Gasteiger partial charge in [0.05, 0.1) is 12.2 Å². The Morgan fingerprint density at radius 2 is 1.95 bits per heavy atom. The zero-order valence-electron chi connectivity index (χ0n) is 14.0. The van der Waals surface area contributed by atoms with Gasteiger partial charge in [0.15, 0.2) is 0 Å². The molecular weight excluding hydrogens is 276 g/mol. The van der Waals surface area contributed by atoms with Crippen LogP contribution in [0.3, 0.4) is 0 Å². The second-order valence-corrected chi connectivity index (χ2v) is 9.11. The molecular formula is C19H30O3. The van der Waals surface area contributed by atoms with Crippen LogP contribution in [0.25, 0.3) is 0 Å². The highest BCUT2D eigenvalue weighted by atomic mass is 16.3. The van der Waals surface area contributed by atoms with Gasteiger partial charge in [-0.25, -0.2) is 0 Å². The third-order valence-corrected chi connectivity index (χ3v) is 8.78. The van der Waals surface area contributed by atoms with Gasteiger partial charge in [0.25, 0.3) is 0 Å². The van der Waals surface area contributed by atoms with E-state index >= 15 is 0 Å². The molecule has 124 valence electrons. The molecule has 0 saturated heterocycles. The second-order valence-electron chi connectivity index (χ2n) is 9.11. The van der Waals surface area contributed by atoms with Gasteiger partial charge in [-0.1, -0.05) is 13.8 Å². The summed E-state index contributed by atoms with van der Waals surface area (Å²) in [5.74, 6) is 2.17. The van der Waals surface area contributed by atoms with Crippen LogP contribution in [0.15, 0.2) is 0 Å². The Labute approximate surface area is 133 Å². The van der Waals surface area contributed by atoms with Crippen molar-refractivity contribution >= 4 is 5.78 Å². The highest BCUT2D eigenvalue weighted by Crippen LogP contribution is 2.73. The van der Waals surface area contributed by atoms with Crippen molar-refractivity contribution in [3.8, 4) is 0 Å². The van der Waals surface area contributed by atoms with Crippen molar-refractivity contribution in [1.82, 2.24) is 0 Å². The number of carbonyl (C=O) groups is 1. The van der Waals surface area contributed by atoms with E-state index in [1.807, 2.05) is 0 Å². The summed E-state index contributed by atoms with van der Waals surface area (Å²) < 4.78 is 0. The maximum Gasteiger partial charge on any atom is 0.136 e. The summed E-state index contributed by atoms with van der Waals surface area (Å²) in [6, 6.07) is 0. The lowest BCUT2D eigenvalue weighted by Gasteiger charge is -2.62. The molecule has 0 aromatic carbocycles. The number of ketones is 1. The van der Waals surface area contributed by atoms with Gasteiger partial charge in [0.1, 0.15) is 5.78 Å². The van der Waals surface area contributed by atoms with E-state index in [1.165, 1.54) is 12.8 Å². The molecule has 0 aromatic heterocycles. The van der Waals surface area contributed by atoms with Crippen molar-refractivity contribution < 1.29 is 15.0 Å². The molecule has 3 heteroatoms. The van der Waals surface area contributed by atoms with E-state index in [0.29, 0.717) is 23.0 Å². The Hall–Kier alpha value is -0.410. The van der Waals surface area contributed by atoms with Crippen molar-refractivity contribution in [1.29, 1.82) is 0 Å². The monoisotopic (exact) mass is 306 g/mol. The van der Waals surface area contributed by atoms with Crippen molar-refractivity contribution in [3.63, 3.8) is 0 Å². The van der Waals surface area contributed by atoms with Crippen molar-refractivity contribution in [2.75, 3.05) is 6.61 Å². The van der Waals surface area contributed by atoms with Gasteiger partial charge in [-0.05, 0) is 73.5 Å². The third kappa shape index (κ3) is 1.62. The minimum atomic E-state index is -0.843. The fourth-order valence-electron chi connectivity index (χ4n) is 7.34. The SMILES string of the molecule is C[C@@H]1C(=O)CC[C@@]2(C)[C@H]1CC[C@H]1C[C@@H]3C[C@@]12CC[C@]3(O)CO. The maximum absolute atomic E-state index is 12.2. The fraction of sp³-hybridized carbons (Fsp3) is 0.947. The van der Waals surface area contributed by atoms with Gasteiger partial charge in [-0.3, -0.25) is 4.79 Å². The highest BCUT2D eigenvalue weighted by Gasteiger charge is 2.68. The van der Waals surface area contributed by atoms with Gasteiger partial charge < -0.3 is 10.2 Å². The van der Waals surface area contributed by atoms with E-state index in [9.17, 15) is 15.0 Å². The Bertz CT molecular complexity index is 503. The number of Topliss-reactive ketones (excluding diaryl/α,β-unsaturated/α-hetero) is 1. The van der Waals surface area contributed by atoms with Crippen molar-refractivity contribution in [3.05, 3.63) is 0 Å². The first-order valence-corrected chi connectivity index (χ1v) is 9.22.